The minimum absolute atomic E-state index is 0.00509. The monoisotopic (exact) mass is 352 g/mol. The van der Waals surface area contributed by atoms with Gasteiger partial charge in [0.05, 0.1) is 5.92 Å². The number of rotatable bonds is 4. The predicted octanol–water partition coefficient (Wildman–Crippen LogP) is 1.83. The Morgan fingerprint density at radius 1 is 1.38 bits per heavy atom. The summed E-state index contributed by atoms with van der Waals surface area (Å²) < 4.78 is 6.61. The van der Waals surface area contributed by atoms with E-state index in [2.05, 4.69) is 44.8 Å². The van der Waals surface area contributed by atoms with Crippen molar-refractivity contribution in [3.05, 3.63) is 34.3 Å². The first-order valence-electron chi connectivity index (χ1n) is 7.52. The Hall–Kier alpha value is -0.910. The molecule has 114 valence electrons. The molecule has 2 saturated heterocycles. The molecular weight excluding hydrogens is 332 g/mol. The van der Waals surface area contributed by atoms with E-state index in [1.807, 2.05) is 6.07 Å². The summed E-state index contributed by atoms with van der Waals surface area (Å²) in [5, 5.41) is 6.31. The lowest BCUT2D eigenvalue weighted by Crippen LogP contribution is -2.53. The van der Waals surface area contributed by atoms with Crippen molar-refractivity contribution in [1.82, 2.24) is 10.6 Å². The fourth-order valence-corrected chi connectivity index (χ4v) is 3.42. The summed E-state index contributed by atoms with van der Waals surface area (Å²) in [6, 6.07) is 8.43. The molecule has 2 aliphatic rings. The standard InChI is InChI=1S/C16H21BrN2O2/c17-14-3-1-2-13(8-14)16(4-6-21-7-5-16)11-19-15(20)12-9-18-10-12/h1-3,8,12,18H,4-7,9-11H2,(H,19,20). The molecule has 0 spiro atoms. The van der Waals surface area contributed by atoms with Crippen LogP contribution in [0, 0.1) is 5.92 Å². The van der Waals surface area contributed by atoms with E-state index in [0.29, 0.717) is 6.54 Å². The van der Waals surface area contributed by atoms with Gasteiger partial charge in [0.2, 0.25) is 5.91 Å². The molecule has 2 heterocycles. The second-order valence-electron chi connectivity index (χ2n) is 5.98. The van der Waals surface area contributed by atoms with Crippen molar-refractivity contribution in [2.45, 2.75) is 18.3 Å². The highest BCUT2D eigenvalue weighted by Gasteiger charge is 2.36. The minimum atomic E-state index is -0.00509. The van der Waals surface area contributed by atoms with Crippen LogP contribution in [0.25, 0.3) is 0 Å². The van der Waals surface area contributed by atoms with Crippen molar-refractivity contribution in [3.8, 4) is 0 Å². The van der Waals surface area contributed by atoms with Gasteiger partial charge in [0.15, 0.2) is 0 Å². The number of hydrogen-bond donors (Lipinski definition) is 2. The highest BCUT2D eigenvalue weighted by atomic mass is 79.9. The predicted molar refractivity (Wildman–Crippen MR) is 85.2 cm³/mol. The highest BCUT2D eigenvalue weighted by molar-refractivity contribution is 9.10. The van der Waals surface area contributed by atoms with Crippen LogP contribution in [0.1, 0.15) is 18.4 Å². The van der Waals surface area contributed by atoms with E-state index >= 15 is 0 Å². The van der Waals surface area contributed by atoms with Crippen LogP contribution in [0.3, 0.4) is 0 Å². The maximum absolute atomic E-state index is 12.1. The molecule has 0 atom stereocenters. The van der Waals surface area contributed by atoms with Gasteiger partial charge in [-0.25, -0.2) is 0 Å². The van der Waals surface area contributed by atoms with Gasteiger partial charge in [0.25, 0.3) is 0 Å². The van der Waals surface area contributed by atoms with Crippen LogP contribution in [0.4, 0.5) is 0 Å². The van der Waals surface area contributed by atoms with Crippen LogP contribution in [0.15, 0.2) is 28.7 Å². The molecule has 1 amide bonds. The van der Waals surface area contributed by atoms with E-state index in [4.69, 9.17) is 4.74 Å². The molecule has 1 aromatic rings. The smallest absolute Gasteiger partial charge is 0.225 e. The fraction of sp³-hybridized carbons (Fsp3) is 0.562. The van der Waals surface area contributed by atoms with Gasteiger partial charge in [-0.05, 0) is 30.5 Å². The first kappa shape index (κ1) is 15.0. The second-order valence-corrected chi connectivity index (χ2v) is 6.89. The zero-order valence-electron chi connectivity index (χ0n) is 12.0. The van der Waals surface area contributed by atoms with Crippen molar-refractivity contribution >= 4 is 21.8 Å². The molecule has 21 heavy (non-hydrogen) atoms. The van der Waals surface area contributed by atoms with Crippen LogP contribution in [-0.4, -0.2) is 38.8 Å². The third-order valence-corrected chi connectivity index (χ3v) is 5.13. The quantitative estimate of drug-likeness (QED) is 0.869. The van der Waals surface area contributed by atoms with E-state index in [-0.39, 0.29) is 17.2 Å². The summed E-state index contributed by atoms with van der Waals surface area (Å²) in [4.78, 5) is 12.1. The van der Waals surface area contributed by atoms with Gasteiger partial charge in [0, 0.05) is 42.7 Å². The summed E-state index contributed by atoms with van der Waals surface area (Å²) >= 11 is 3.55. The van der Waals surface area contributed by atoms with Crippen molar-refractivity contribution in [1.29, 1.82) is 0 Å². The zero-order chi connectivity index (χ0) is 14.7. The molecule has 0 saturated carbocycles. The molecule has 0 aromatic heterocycles. The number of nitrogens with one attached hydrogen (secondary N) is 2. The van der Waals surface area contributed by atoms with Crippen LogP contribution < -0.4 is 10.6 Å². The average Bonchev–Trinajstić information content (AvgIpc) is 2.44. The summed E-state index contributed by atoms with van der Waals surface area (Å²) in [5.74, 6) is 0.319. The Kier molecular flexibility index (Phi) is 4.62. The highest BCUT2D eigenvalue weighted by Crippen LogP contribution is 2.35. The molecule has 3 rings (SSSR count). The van der Waals surface area contributed by atoms with Crippen molar-refractivity contribution in [3.63, 3.8) is 0 Å². The van der Waals surface area contributed by atoms with E-state index in [0.717, 1.165) is 43.6 Å². The van der Waals surface area contributed by atoms with Crippen molar-refractivity contribution in [2.75, 3.05) is 32.8 Å². The van der Waals surface area contributed by atoms with E-state index < -0.39 is 0 Å². The van der Waals surface area contributed by atoms with E-state index in [1.54, 1.807) is 0 Å². The first-order chi connectivity index (χ1) is 10.2. The molecule has 4 nitrogen and oxygen atoms in total. The molecule has 2 aliphatic heterocycles. The van der Waals surface area contributed by atoms with Gasteiger partial charge < -0.3 is 15.4 Å². The molecule has 5 heteroatoms. The molecule has 0 aliphatic carbocycles. The van der Waals surface area contributed by atoms with Gasteiger partial charge in [-0.15, -0.1) is 0 Å². The topological polar surface area (TPSA) is 50.4 Å². The number of ether oxygens (including phenoxy) is 1. The third-order valence-electron chi connectivity index (χ3n) is 4.64. The lowest BCUT2D eigenvalue weighted by Gasteiger charge is -2.39. The molecule has 1 aromatic carbocycles. The fourth-order valence-electron chi connectivity index (χ4n) is 3.02. The Bertz CT molecular complexity index is 511. The van der Waals surface area contributed by atoms with E-state index in [1.165, 1.54) is 5.56 Å². The number of benzene rings is 1. The second kappa shape index (κ2) is 6.46. The van der Waals surface area contributed by atoms with Crippen LogP contribution in [0.5, 0.6) is 0 Å². The number of halogens is 1. The Morgan fingerprint density at radius 2 is 2.14 bits per heavy atom. The molecule has 0 radical (unpaired) electrons. The summed E-state index contributed by atoms with van der Waals surface area (Å²) in [5.41, 5.74) is 1.28. The number of hydrogen-bond acceptors (Lipinski definition) is 3. The van der Waals surface area contributed by atoms with Gasteiger partial charge in [-0.2, -0.15) is 0 Å². The van der Waals surface area contributed by atoms with Gasteiger partial charge >= 0.3 is 0 Å². The third kappa shape index (κ3) is 3.30. The summed E-state index contributed by atoms with van der Waals surface area (Å²) in [6.45, 7) is 3.82. The maximum Gasteiger partial charge on any atom is 0.225 e. The summed E-state index contributed by atoms with van der Waals surface area (Å²) in [6.07, 6.45) is 1.90. The average molecular weight is 353 g/mol. The Morgan fingerprint density at radius 3 is 2.76 bits per heavy atom. The summed E-state index contributed by atoms with van der Waals surface area (Å²) in [7, 11) is 0. The SMILES string of the molecule is O=C(NCC1(c2cccc(Br)c2)CCOCC1)C1CNC1. The van der Waals surface area contributed by atoms with E-state index in [9.17, 15) is 4.79 Å². The Labute approximate surface area is 133 Å². The number of carbonyl (C=O) groups is 1. The van der Waals surface area contributed by atoms with Gasteiger partial charge in [0.1, 0.15) is 0 Å². The molecule has 0 unspecified atom stereocenters. The Balaban J connectivity index is 1.74. The largest absolute Gasteiger partial charge is 0.381 e. The first-order valence-corrected chi connectivity index (χ1v) is 8.31. The van der Waals surface area contributed by atoms with Crippen LogP contribution in [-0.2, 0) is 14.9 Å². The van der Waals surface area contributed by atoms with Crippen LogP contribution in [0.2, 0.25) is 0 Å². The molecule has 2 fully saturated rings. The van der Waals surface area contributed by atoms with Crippen LogP contribution >= 0.6 is 15.9 Å². The minimum Gasteiger partial charge on any atom is -0.381 e. The molecule has 2 N–H and O–H groups in total. The molecular formula is C16H21BrN2O2. The number of carbonyl (C=O) groups excluding carboxylic acids is 1. The van der Waals surface area contributed by atoms with Gasteiger partial charge in [-0.1, -0.05) is 28.1 Å². The van der Waals surface area contributed by atoms with Crippen molar-refractivity contribution in [2.24, 2.45) is 5.92 Å². The van der Waals surface area contributed by atoms with Gasteiger partial charge in [-0.3, -0.25) is 4.79 Å². The van der Waals surface area contributed by atoms with Crippen molar-refractivity contribution < 1.29 is 9.53 Å². The lowest BCUT2D eigenvalue weighted by molar-refractivity contribution is -0.126. The maximum atomic E-state index is 12.1. The zero-order valence-corrected chi connectivity index (χ0v) is 13.6. The number of amides is 1. The lowest BCUT2D eigenvalue weighted by atomic mass is 9.74. The molecule has 0 bridgehead atoms. The normalized spacial score (nSPS) is 21.6.